The summed E-state index contributed by atoms with van der Waals surface area (Å²) in [6.07, 6.45) is 15.6. The summed E-state index contributed by atoms with van der Waals surface area (Å²) >= 11 is 0. The number of hydrogen-bond acceptors (Lipinski definition) is 5. The molecule has 3 aromatic rings. The number of nitrogens with zero attached hydrogens (tertiary/aromatic N) is 3. The van der Waals surface area contributed by atoms with Crippen molar-refractivity contribution < 1.29 is 18.8 Å². The quantitative estimate of drug-likeness (QED) is 0.100. The van der Waals surface area contributed by atoms with Gasteiger partial charge in [0.2, 0.25) is 5.69 Å². The molecule has 6 nitrogen and oxygen atoms in total. The number of hydrogen-bond donors (Lipinski definition) is 0. The molecule has 0 atom stereocenters. The van der Waals surface area contributed by atoms with Crippen molar-refractivity contribution in [3.63, 3.8) is 0 Å². The van der Waals surface area contributed by atoms with Gasteiger partial charge >= 0.3 is 5.97 Å². The van der Waals surface area contributed by atoms with Crippen LogP contribution in [0.15, 0.2) is 120 Å². The average molecular weight is 713 g/mol. The van der Waals surface area contributed by atoms with Gasteiger partial charge in [0.25, 0.3) is 0 Å². The molecule has 0 spiro atoms. The van der Waals surface area contributed by atoms with Crippen LogP contribution in [-0.4, -0.2) is 50.6 Å². The number of anilines is 2. The van der Waals surface area contributed by atoms with Crippen LogP contribution in [0.25, 0.3) is 0 Å². The van der Waals surface area contributed by atoms with Crippen molar-refractivity contribution in [3.8, 4) is 5.75 Å². The molecular weight excluding hydrogens is 655 g/mol. The highest BCUT2D eigenvalue weighted by Crippen LogP contribution is 2.47. The fraction of sp³-hybridized carbons (Fsp3) is 0.404. The van der Waals surface area contributed by atoms with E-state index in [0.29, 0.717) is 13.0 Å². The summed E-state index contributed by atoms with van der Waals surface area (Å²) in [5, 5.41) is 0. The van der Waals surface area contributed by atoms with Crippen LogP contribution >= 0.6 is 0 Å². The van der Waals surface area contributed by atoms with E-state index in [0.717, 1.165) is 62.3 Å². The van der Waals surface area contributed by atoms with Crippen molar-refractivity contribution in [1.82, 2.24) is 0 Å². The largest absolute Gasteiger partial charge is 0.466 e. The lowest BCUT2D eigenvalue weighted by Gasteiger charge is -2.25. The highest BCUT2D eigenvalue weighted by molar-refractivity contribution is 6.03. The molecular formula is C47H58N3O3+. The number of carbonyl (C=O) groups excluding carboxylic acids is 1. The third-order valence-electron chi connectivity index (χ3n) is 11.4. The van der Waals surface area contributed by atoms with Crippen LogP contribution in [-0.2, 0) is 20.4 Å². The van der Waals surface area contributed by atoms with E-state index in [1.807, 2.05) is 6.92 Å². The fourth-order valence-corrected chi connectivity index (χ4v) is 8.36. The molecule has 0 saturated carbocycles. The van der Waals surface area contributed by atoms with Crippen molar-refractivity contribution in [2.45, 2.75) is 90.4 Å². The molecule has 0 unspecified atom stereocenters. The predicted octanol–water partition coefficient (Wildman–Crippen LogP) is 10.6. The van der Waals surface area contributed by atoms with Gasteiger partial charge in [0.15, 0.2) is 5.71 Å². The number of benzene rings is 3. The monoisotopic (exact) mass is 712 g/mol. The van der Waals surface area contributed by atoms with Crippen LogP contribution in [0.2, 0.25) is 0 Å². The van der Waals surface area contributed by atoms with Crippen LogP contribution in [0, 0.1) is 0 Å². The number of rotatable bonds is 13. The normalized spacial score (nSPS) is 19.0. The number of esters is 1. The Bertz CT molecular complexity index is 1980. The van der Waals surface area contributed by atoms with Gasteiger partial charge in [-0.3, -0.25) is 4.79 Å². The first-order valence-corrected chi connectivity index (χ1v) is 19.4. The van der Waals surface area contributed by atoms with E-state index in [4.69, 9.17) is 9.47 Å². The number of carbonyl (C=O) groups is 1. The van der Waals surface area contributed by atoms with E-state index in [-0.39, 0.29) is 16.8 Å². The highest BCUT2D eigenvalue weighted by Gasteiger charge is 2.42. The van der Waals surface area contributed by atoms with E-state index in [9.17, 15) is 4.79 Å². The van der Waals surface area contributed by atoms with Crippen molar-refractivity contribution in [1.29, 1.82) is 0 Å². The standard InChI is InChI=1S/C47H58N3O3/c1-9-52-44(51)24-11-10-16-33-48(6)36-27-29-37(30-28-36)53-45-34(25-31-42-46(2,3)38-20-12-14-22-40(38)49(42)7)18-17-19-35(45)26-32-43-47(4,5)39-21-13-15-23-41(39)50(43)8/h12-15,20-23,25-32H,9-11,16-19,24,33H2,1-8H3/q+1. The Hall–Kier alpha value is -4.84. The zero-order chi connectivity index (χ0) is 37.8. The zero-order valence-corrected chi connectivity index (χ0v) is 33.2. The van der Waals surface area contributed by atoms with Gasteiger partial charge in [-0.1, -0.05) is 62.7 Å². The summed E-state index contributed by atoms with van der Waals surface area (Å²) in [4.78, 5) is 16.3. The Morgan fingerprint density at radius 1 is 0.868 bits per heavy atom. The molecule has 0 saturated heterocycles. The Morgan fingerprint density at radius 3 is 2.30 bits per heavy atom. The van der Waals surface area contributed by atoms with Crippen LogP contribution in [0.4, 0.5) is 17.1 Å². The van der Waals surface area contributed by atoms with E-state index in [2.05, 4.69) is 160 Å². The van der Waals surface area contributed by atoms with E-state index in [1.165, 1.54) is 45.1 Å². The first kappa shape index (κ1) is 37.9. The number of ether oxygens (including phenoxy) is 2. The van der Waals surface area contributed by atoms with Gasteiger partial charge in [-0.15, -0.1) is 0 Å². The first-order chi connectivity index (χ1) is 25.4. The maximum atomic E-state index is 11.7. The second-order valence-electron chi connectivity index (χ2n) is 15.7. The van der Waals surface area contributed by atoms with Crippen LogP contribution in [0.3, 0.4) is 0 Å². The van der Waals surface area contributed by atoms with E-state index < -0.39 is 0 Å². The Labute approximate surface area is 317 Å². The minimum absolute atomic E-state index is 0.0996. The maximum absolute atomic E-state index is 11.7. The summed E-state index contributed by atoms with van der Waals surface area (Å²) in [7, 11) is 6.48. The van der Waals surface area contributed by atoms with E-state index in [1.54, 1.807) is 0 Å². The summed E-state index contributed by atoms with van der Waals surface area (Å²) in [6.45, 7) is 12.5. The predicted molar refractivity (Wildman–Crippen MR) is 220 cm³/mol. The zero-order valence-electron chi connectivity index (χ0n) is 33.2. The lowest BCUT2D eigenvalue weighted by Crippen LogP contribution is -2.26. The molecule has 53 heavy (non-hydrogen) atoms. The lowest BCUT2D eigenvalue weighted by atomic mass is 9.81. The van der Waals surface area contributed by atoms with Gasteiger partial charge in [0, 0.05) is 67.3 Å². The smallest absolute Gasteiger partial charge is 0.305 e. The average Bonchev–Trinajstić information content (AvgIpc) is 3.47. The molecule has 2 heterocycles. The number of fused-ring (bicyclic) bond motifs is 2. The van der Waals surface area contributed by atoms with Crippen molar-refractivity contribution in [3.05, 3.63) is 131 Å². The SMILES string of the molecule is CCOC(=O)CCCCCN(C)c1ccc(OC2=C(/C=C/C3=[N+](C)c4ccccc4C3(C)C)CCC/C2=C\C=C2\N(C)c3ccccc3C2(C)C)cc1. The summed E-state index contributed by atoms with van der Waals surface area (Å²) in [6, 6.07) is 25.9. The van der Waals surface area contributed by atoms with Gasteiger partial charge in [-0.25, -0.2) is 0 Å². The van der Waals surface area contributed by atoms with Gasteiger partial charge in [0.1, 0.15) is 18.6 Å². The Kier molecular flexibility index (Phi) is 11.5. The Morgan fingerprint density at radius 2 is 1.58 bits per heavy atom. The molecule has 0 fully saturated rings. The number of para-hydroxylation sites is 2. The van der Waals surface area contributed by atoms with Gasteiger partial charge in [0.05, 0.1) is 12.0 Å². The molecule has 6 heteroatoms. The van der Waals surface area contributed by atoms with Crippen LogP contribution in [0.1, 0.15) is 90.7 Å². The van der Waals surface area contributed by atoms with Gasteiger partial charge in [-0.05, 0) is 112 Å². The molecule has 2 aliphatic heterocycles. The molecule has 0 amide bonds. The Balaban J connectivity index is 1.27. The molecule has 1 aliphatic carbocycles. The number of likely N-dealkylation sites (N-methyl/N-ethyl adjacent to an activating group) is 1. The highest BCUT2D eigenvalue weighted by atomic mass is 16.5. The summed E-state index contributed by atoms with van der Waals surface area (Å²) in [5.74, 6) is 1.69. The molecule has 278 valence electrons. The summed E-state index contributed by atoms with van der Waals surface area (Å²) < 4.78 is 14.3. The fourth-order valence-electron chi connectivity index (χ4n) is 8.36. The van der Waals surface area contributed by atoms with Gasteiger partial charge in [-0.2, -0.15) is 4.58 Å². The van der Waals surface area contributed by atoms with Crippen molar-refractivity contribution in [2.75, 3.05) is 44.1 Å². The first-order valence-electron chi connectivity index (χ1n) is 19.4. The van der Waals surface area contributed by atoms with Crippen LogP contribution in [0.5, 0.6) is 5.75 Å². The molecule has 3 aromatic carbocycles. The third kappa shape index (κ3) is 7.93. The van der Waals surface area contributed by atoms with E-state index >= 15 is 0 Å². The molecule has 6 rings (SSSR count). The second-order valence-corrected chi connectivity index (χ2v) is 15.7. The maximum Gasteiger partial charge on any atom is 0.305 e. The minimum Gasteiger partial charge on any atom is -0.466 e. The molecule has 3 aliphatic rings. The summed E-state index contributed by atoms with van der Waals surface area (Å²) in [5.41, 5.74) is 11.2. The van der Waals surface area contributed by atoms with Crippen LogP contribution < -0.4 is 14.5 Å². The van der Waals surface area contributed by atoms with Gasteiger partial charge < -0.3 is 19.3 Å². The molecule has 0 bridgehead atoms. The molecule has 0 N–H and O–H groups in total. The number of allylic oxidation sites excluding steroid dienone is 7. The molecule has 0 aromatic heterocycles. The second kappa shape index (κ2) is 16.0. The lowest BCUT2D eigenvalue weighted by molar-refractivity contribution is -0.401. The number of unbranched alkanes of at least 4 members (excludes halogenated alkanes) is 2. The van der Waals surface area contributed by atoms with Crippen molar-refractivity contribution in [2.24, 2.45) is 0 Å². The van der Waals surface area contributed by atoms with Crippen molar-refractivity contribution >= 4 is 28.7 Å². The third-order valence-corrected chi connectivity index (χ3v) is 11.4. The topological polar surface area (TPSA) is 45.0 Å². The minimum atomic E-state index is -0.0999. The molecule has 0 radical (unpaired) electrons.